The number of ether oxygens (including phenoxy) is 1. The molecule has 0 bridgehead atoms. The van der Waals surface area contributed by atoms with Gasteiger partial charge in [0.1, 0.15) is 13.2 Å². The molecule has 0 radical (unpaired) electrons. The summed E-state index contributed by atoms with van der Waals surface area (Å²) in [5.74, 6) is -0.851. The number of nitrogens with zero attached hydrogens (tertiary/aromatic N) is 1. The Bertz CT molecular complexity index is 1090. The number of allylic oxidation sites excluding steroid dienone is 8. The third kappa shape index (κ3) is 46.7. The molecule has 0 aromatic carbocycles. The van der Waals surface area contributed by atoms with Crippen LogP contribution in [0.25, 0.3) is 0 Å². The number of quaternary nitrogens is 1. The van der Waals surface area contributed by atoms with Crippen LogP contribution >= 0.6 is 7.82 Å². The first kappa shape index (κ1) is 57.2. The first-order chi connectivity index (χ1) is 27.3. The zero-order chi connectivity index (χ0) is 42.9. The number of Topliss-reactive ketones (excluding diaryl/α,β-unsaturated/α-hetero) is 1. The fraction of sp³-hybridized carbons (Fsp3) is 0.783. The number of phosphoric ester groups is 1. The van der Waals surface area contributed by atoms with Gasteiger partial charge in [0.25, 0.3) is 7.82 Å². The third-order valence-corrected chi connectivity index (χ3v) is 9.91. The van der Waals surface area contributed by atoms with E-state index in [1.165, 1.54) is 103 Å². The fourth-order valence-corrected chi connectivity index (χ4v) is 6.12. The lowest BCUT2D eigenvalue weighted by Crippen LogP contribution is -2.40. The number of unbranched alkanes of at least 4 members (excludes halogenated alkanes) is 18. The lowest BCUT2D eigenvalue weighted by molar-refractivity contribution is -0.870. The van der Waals surface area contributed by atoms with Crippen LogP contribution in [0.4, 0.5) is 0 Å². The van der Waals surface area contributed by atoms with Crippen molar-refractivity contribution in [1.82, 2.24) is 0 Å². The topological polar surface area (TPSA) is 153 Å². The van der Waals surface area contributed by atoms with Crippen molar-refractivity contribution in [2.24, 2.45) is 0 Å². The van der Waals surface area contributed by atoms with E-state index in [9.17, 15) is 29.3 Å². The summed E-state index contributed by atoms with van der Waals surface area (Å²) in [5, 5.41) is 20.0. The number of aliphatic hydroxyl groups excluding tert-OH is 2. The van der Waals surface area contributed by atoms with Gasteiger partial charge in [-0.3, -0.25) is 14.2 Å². The highest BCUT2D eigenvalue weighted by molar-refractivity contribution is 7.44. The smallest absolute Gasteiger partial charge is 0.306 e. The molecule has 57 heavy (non-hydrogen) atoms. The van der Waals surface area contributed by atoms with E-state index in [0.29, 0.717) is 17.4 Å². The standard InChI is InChI=1S/C41H72O5.C5H14NO4P/c1-3-5-7-9-11-13-15-17-19-20-22-24-26-28-30-32-34-36-40(44)46-39(37-42)41(45)38(43)35-33-31-29-27-25-23-21-18-16-14-12-10-8-6-4-2;1-6(2,3)4-5-10-11(7,8)9/h11,13,17,19,22,24,28,30,39,41-42,45H,3-10,12,14-16,18,20-21,23,25-27,29,31-37H2,1-2H3;4-5H2,1-3H3,(H-,7,8,9)/b13-11-,19-17-,24-22-,30-28-;/t39-,41?;/m0./s1. The first-order valence-electron chi connectivity index (χ1n) is 22.4. The molecule has 0 saturated carbocycles. The van der Waals surface area contributed by atoms with Crippen molar-refractivity contribution in [3.8, 4) is 0 Å². The number of hydrogen-bond acceptors (Lipinski definition) is 8. The average molecular weight is 828 g/mol. The first-order valence-corrected chi connectivity index (χ1v) is 23.9. The van der Waals surface area contributed by atoms with Crippen molar-refractivity contribution in [3.05, 3.63) is 48.6 Å². The van der Waals surface area contributed by atoms with Gasteiger partial charge in [-0.2, -0.15) is 0 Å². The Hall–Kier alpha value is -1.91. The van der Waals surface area contributed by atoms with Gasteiger partial charge in [-0.1, -0.05) is 165 Å². The van der Waals surface area contributed by atoms with Crippen LogP contribution in [0.2, 0.25) is 0 Å². The summed E-state index contributed by atoms with van der Waals surface area (Å²) in [4.78, 5) is 42.9. The molecular formula is C46H86NO9P. The van der Waals surface area contributed by atoms with Crippen LogP contribution in [0.1, 0.15) is 181 Å². The van der Waals surface area contributed by atoms with E-state index in [1.807, 2.05) is 21.1 Å². The quantitative estimate of drug-likeness (QED) is 0.0181. The highest BCUT2D eigenvalue weighted by Crippen LogP contribution is 2.29. The van der Waals surface area contributed by atoms with Gasteiger partial charge in [0.15, 0.2) is 18.0 Å². The highest BCUT2D eigenvalue weighted by Gasteiger charge is 2.28. The second-order valence-electron chi connectivity index (χ2n) is 16.1. The summed E-state index contributed by atoms with van der Waals surface area (Å²) in [7, 11) is 1.19. The van der Waals surface area contributed by atoms with Gasteiger partial charge in [-0.15, -0.1) is 0 Å². The number of hydrogen-bond donors (Lipinski definition) is 3. The Morgan fingerprint density at radius 3 is 1.46 bits per heavy atom. The van der Waals surface area contributed by atoms with Crippen molar-refractivity contribution in [1.29, 1.82) is 0 Å². The van der Waals surface area contributed by atoms with Gasteiger partial charge < -0.3 is 33.7 Å². The number of esters is 1. The fourth-order valence-electron chi connectivity index (χ4n) is 5.81. The normalized spacial score (nSPS) is 14.3. The Labute approximate surface area is 349 Å². The molecule has 0 aromatic rings. The van der Waals surface area contributed by atoms with Crippen LogP contribution in [0.3, 0.4) is 0 Å². The molecule has 11 heteroatoms. The largest absolute Gasteiger partial charge is 0.756 e. The molecule has 0 aliphatic carbocycles. The van der Waals surface area contributed by atoms with Crippen molar-refractivity contribution in [3.63, 3.8) is 0 Å². The van der Waals surface area contributed by atoms with Gasteiger partial charge in [-0.05, 0) is 51.4 Å². The van der Waals surface area contributed by atoms with Gasteiger partial charge in [0.2, 0.25) is 0 Å². The van der Waals surface area contributed by atoms with Gasteiger partial charge in [-0.25, -0.2) is 0 Å². The molecule has 3 atom stereocenters. The summed E-state index contributed by atoms with van der Waals surface area (Å²) in [6.07, 6.45) is 43.1. The van der Waals surface area contributed by atoms with Crippen LogP contribution < -0.4 is 4.89 Å². The maximum absolute atomic E-state index is 12.4. The molecule has 0 aliphatic rings. The van der Waals surface area contributed by atoms with Crippen LogP contribution in [-0.4, -0.2) is 84.5 Å². The maximum atomic E-state index is 12.4. The molecule has 2 unspecified atom stereocenters. The van der Waals surface area contributed by atoms with Gasteiger partial charge in [0.05, 0.1) is 27.7 Å². The summed E-state index contributed by atoms with van der Waals surface area (Å²) in [5.41, 5.74) is 0. The van der Waals surface area contributed by atoms with Crippen LogP contribution in [-0.2, 0) is 23.4 Å². The van der Waals surface area contributed by atoms with Gasteiger partial charge >= 0.3 is 5.97 Å². The molecule has 10 nitrogen and oxygen atoms in total. The number of aliphatic hydroxyl groups is 2. The molecule has 0 aromatic heterocycles. The number of ketones is 1. The van der Waals surface area contributed by atoms with Crippen LogP contribution in [0.15, 0.2) is 48.6 Å². The molecule has 0 amide bonds. The third-order valence-electron chi connectivity index (χ3n) is 9.40. The van der Waals surface area contributed by atoms with E-state index in [-0.39, 0.29) is 25.2 Å². The molecule has 3 N–H and O–H groups in total. The van der Waals surface area contributed by atoms with E-state index >= 15 is 0 Å². The minimum atomic E-state index is -4.51. The predicted molar refractivity (Wildman–Crippen MR) is 235 cm³/mol. The zero-order valence-electron chi connectivity index (χ0n) is 37.0. The molecule has 0 heterocycles. The minimum Gasteiger partial charge on any atom is -0.756 e. The molecule has 0 fully saturated rings. The Kier molecular flexibility index (Phi) is 41.0. The summed E-state index contributed by atoms with van der Waals surface area (Å²) in [6, 6.07) is 0. The molecule has 0 rings (SSSR count). The Balaban J connectivity index is 0. The molecule has 0 saturated heterocycles. The van der Waals surface area contributed by atoms with E-state index < -0.39 is 32.6 Å². The van der Waals surface area contributed by atoms with E-state index in [1.54, 1.807) is 0 Å². The zero-order valence-corrected chi connectivity index (χ0v) is 37.9. The number of rotatable bonds is 38. The van der Waals surface area contributed by atoms with E-state index in [4.69, 9.17) is 9.63 Å². The van der Waals surface area contributed by atoms with E-state index in [0.717, 1.165) is 44.9 Å². The number of likely N-dealkylation sites (N-methyl/N-ethyl adjacent to an activating group) is 1. The Morgan fingerprint density at radius 2 is 1.04 bits per heavy atom. The summed E-state index contributed by atoms with van der Waals surface area (Å²) < 4.78 is 20.0. The predicted octanol–water partition coefficient (Wildman–Crippen LogP) is 10.4. The number of phosphoric acid groups is 1. The van der Waals surface area contributed by atoms with E-state index in [2.05, 4.69) is 67.0 Å². The second kappa shape index (κ2) is 40.9. The monoisotopic (exact) mass is 828 g/mol. The van der Waals surface area contributed by atoms with Gasteiger partial charge in [0, 0.05) is 12.8 Å². The summed E-state index contributed by atoms with van der Waals surface area (Å²) in [6.45, 7) is 4.48. The SMILES string of the molecule is CCCCC/C=C\C/C=C\C/C=C\C/C=C\CCCC(=O)O[C@@H](CO)C(O)C(=O)CCCCCCCCCCCCCCCCC.C[N+](C)(C)CCOP(=O)([O-])O. The highest BCUT2D eigenvalue weighted by atomic mass is 31.2. The minimum absolute atomic E-state index is 0.0147. The lowest BCUT2D eigenvalue weighted by Gasteiger charge is -2.25. The average Bonchev–Trinajstić information content (AvgIpc) is 3.15. The summed E-state index contributed by atoms with van der Waals surface area (Å²) >= 11 is 0. The van der Waals surface area contributed by atoms with Crippen molar-refractivity contribution >= 4 is 19.6 Å². The molecule has 0 aliphatic heterocycles. The Morgan fingerprint density at radius 1 is 0.632 bits per heavy atom. The molecule has 0 spiro atoms. The molecular weight excluding hydrogens is 741 g/mol. The second-order valence-corrected chi connectivity index (χ2v) is 17.3. The van der Waals surface area contributed by atoms with Crippen LogP contribution in [0.5, 0.6) is 0 Å². The molecule has 334 valence electrons. The maximum Gasteiger partial charge on any atom is 0.306 e. The van der Waals surface area contributed by atoms with Crippen molar-refractivity contribution in [2.45, 2.75) is 193 Å². The number of carbonyl (C=O) groups is 2. The van der Waals surface area contributed by atoms with Crippen molar-refractivity contribution < 1.29 is 47.9 Å². The van der Waals surface area contributed by atoms with Crippen molar-refractivity contribution in [2.75, 3.05) is 40.9 Å². The lowest BCUT2D eigenvalue weighted by atomic mass is 10.0. The number of carbonyl (C=O) groups excluding carboxylic acids is 2. The van der Waals surface area contributed by atoms with Crippen LogP contribution in [0, 0.1) is 0 Å².